The molecule has 0 spiro atoms. The van der Waals surface area contributed by atoms with Gasteiger partial charge in [0, 0.05) is 40.9 Å². The van der Waals surface area contributed by atoms with E-state index in [-0.39, 0.29) is 10.8 Å². The Bertz CT molecular complexity index is 988. The number of hydrogen-bond acceptors (Lipinski definition) is 4. The smallest absolute Gasteiger partial charge is 0.258 e. The van der Waals surface area contributed by atoms with Gasteiger partial charge in [-0.15, -0.1) is 11.8 Å². The molecule has 1 amide bonds. The number of amides is 1. The topological polar surface area (TPSA) is 57.7 Å². The Morgan fingerprint density at radius 1 is 1.04 bits per heavy atom. The van der Waals surface area contributed by atoms with Crippen molar-refractivity contribution in [3.8, 4) is 0 Å². The Labute approximate surface area is 168 Å². The van der Waals surface area contributed by atoms with E-state index in [1.165, 1.54) is 10.4 Å². The summed E-state index contributed by atoms with van der Waals surface area (Å²) in [6, 6.07) is 11.8. The Morgan fingerprint density at radius 3 is 2.59 bits per heavy atom. The molecular formula is C19H19ClN2O3S2. The summed E-state index contributed by atoms with van der Waals surface area (Å²) in [6.07, 6.45) is 1.75. The van der Waals surface area contributed by atoms with Crippen molar-refractivity contribution in [2.75, 3.05) is 30.3 Å². The van der Waals surface area contributed by atoms with Gasteiger partial charge in [-0.05, 0) is 49.2 Å². The normalized spacial score (nSPS) is 17.7. The van der Waals surface area contributed by atoms with Crippen molar-refractivity contribution in [3.63, 3.8) is 0 Å². The second-order valence-corrected chi connectivity index (χ2v) is 10.1. The number of carbonyl (C=O) groups is 1. The zero-order valence-electron chi connectivity index (χ0n) is 14.6. The summed E-state index contributed by atoms with van der Waals surface area (Å²) in [6.45, 7) is 1.63. The highest BCUT2D eigenvalue weighted by Gasteiger charge is 2.29. The van der Waals surface area contributed by atoms with E-state index in [2.05, 4.69) is 0 Å². The first-order valence-corrected chi connectivity index (χ1v) is 11.6. The van der Waals surface area contributed by atoms with Gasteiger partial charge in [-0.3, -0.25) is 4.79 Å². The van der Waals surface area contributed by atoms with E-state index in [1.807, 2.05) is 12.1 Å². The third-order valence-corrected chi connectivity index (χ3v) is 7.99. The van der Waals surface area contributed by atoms with Crippen LogP contribution in [0.4, 0.5) is 5.69 Å². The molecular weight excluding hydrogens is 404 g/mol. The second kappa shape index (κ2) is 7.47. The second-order valence-electron chi connectivity index (χ2n) is 6.56. The average Bonchev–Trinajstić information content (AvgIpc) is 3.23. The molecule has 0 bridgehead atoms. The minimum absolute atomic E-state index is 0.174. The first-order chi connectivity index (χ1) is 13.0. The molecule has 2 heterocycles. The van der Waals surface area contributed by atoms with Crippen LogP contribution in [-0.4, -0.2) is 44.0 Å². The lowest BCUT2D eigenvalue weighted by Crippen LogP contribution is -2.35. The highest BCUT2D eigenvalue weighted by molar-refractivity contribution is 7.99. The van der Waals surface area contributed by atoms with Gasteiger partial charge in [0.15, 0.2) is 0 Å². The van der Waals surface area contributed by atoms with Crippen LogP contribution in [0.1, 0.15) is 23.2 Å². The van der Waals surface area contributed by atoms with Gasteiger partial charge in [0.25, 0.3) is 5.91 Å². The number of fused-ring (bicyclic) bond motifs is 1. The van der Waals surface area contributed by atoms with E-state index in [1.54, 1.807) is 40.9 Å². The molecule has 8 heteroatoms. The molecule has 2 aliphatic heterocycles. The van der Waals surface area contributed by atoms with E-state index < -0.39 is 10.0 Å². The van der Waals surface area contributed by atoms with Crippen LogP contribution in [-0.2, 0) is 10.0 Å². The minimum atomic E-state index is -3.56. The first kappa shape index (κ1) is 18.8. The number of sulfonamides is 1. The molecule has 0 aromatic heterocycles. The monoisotopic (exact) mass is 422 g/mol. The van der Waals surface area contributed by atoms with Crippen molar-refractivity contribution in [2.24, 2.45) is 0 Å². The fourth-order valence-corrected chi connectivity index (χ4v) is 6.13. The van der Waals surface area contributed by atoms with Crippen molar-refractivity contribution >= 4 is 45.0 Å². The SMILES string of the molecule is O=C(c1cccc(S(=O)(=O)N2CCCC2)c1)N1CCSc2ccc(Cl)cc21. The number of hydrogen-bond donors (Lipinski definition) is 0. The summed E-state index contributed by atoms with van der Waals surface area (Å²) in [5.41, 5.74) is 1.14. The zero-order chi connectivity index (χ0) is 19.0. The van der Waals surface area contributed by atoms with Crippen molar-refractivity contribution in [2.45, 2.75) is 22.6 Å². The highest BCUT2D eigenvalue weighted by atomic mass is 35.5. The molecule has 0 atom stereocenters. The molecule has 1 saturated heterocycles. The van der Waals surface area contributed by atoms with Crippen LogP contribution in [0.25, 0.3) is 0 Å². The van der Waals surface area contributed by atoms with E-state index >= 15 is 0 Å². The molecule has 0 N–H and O–H groups in total. The van der Waals surface area contributed by atoms with E-state index in [9.17, 15) is 13.2 Å². The molecule has 2 aliphatic rings. The summed E-state index contributed by atoms with van der Waals surface area (Å²) in [7, 11) is -3.56. The number of anilines is 1. The predicted octanol–water partition coefficient (Wildman–Crippen LogP) is 3.88. The lowest BCUT2D eigenvalue weighted by molar-refractivity contribution is 0.0987. The molecule has 5 nitrogen and oxygen atoms in total. The molecule has 142 valence electrons. The zero-order valence-corrected chi connectivity index (χ0v) is 17.0. The average molecular weight is 423 g/mol. The Kier molecular flexibility index (Phi) is 5.20. The van der Waals surface area contributed by atoms with Gasteiger partial charge in [0.05, 0.1) is 10.6 Å². The molecule has 0 aliphatic carbocycles. The van der Waals surface area contributed by atoms with Gasteiger partial charge < -0.3 is 4.90 Å². The van der Waals surface area contributed by atoms with Gasteiger partial charge in [0.1, 0.15) is 0 Å². The standard InChI is InChI=1S/C19H19ClN2O3S2/c20-15-6-7-18-17(13-15)22(10-11-26-18)19(23)14-4-3-5-16(12-14)27(24,25)21-8-1-2-9-21/h3-7,12-13H,1-2,8-11H2. The van der Waals surface area contributed by atoms with E-state index in [0.717, 1.165) is 29.2 Å². The summed E-state index contributed by atoms with van der Waals surface area (Å²) >= 11 is 7.80. The number of thioether (sulfide) groups is 1. The van der Waals surface area contributed by atoms with E-state index in [4.69, 9.17) is 11.6 Å². The molecule has 1 fully saturated rings. The van der Waals surface area contributed by atoms with Crippen LogP contribution in [0.15, 0.2) is 52.3 Å². The molecule has 4 rings (SSSR count). The third kappa shape index (κ3) is 3.61. The molecule has 0 unspecified atom stereocenters. The lowest BCUT2D eigenvalue weighted by atomic mass is 10.1. The third-order valence-electron chi connectivity index (χ3n) is 4.81. The number of benzene rings is 2. The summed E-state index contributed by atoms with van der Waals surface area (Å²) in [5, 5.41) is 0.569. The maximum absolute atomic E-state index is 13.1. The van der Waals surface area contributed by atoms with Crippen LogP contribution in [0.5, 0.6) is 0 Å². The van der Waals surface area contributed by atoms with E-state index in [0.29, 0.717) is 30.2 Å². The predicted molar refractivity (Wildman–Crippen MR) is 108 cm³/mol. The largest absolute Gasteiger partial charge is 0.306 e. The molecule has 0 saturated carbocycles. The van der Waals surface area contributed by atoms with Crippen molar-refractivity contribution in [1.82, 2.24) is 4.31 Å². The maximum Gasteiger partial charge on any atom is 0.258 e. The van der Waals surface area contributed by atoms with Crippen LogP contribution in [0, 0.1) is 0 Å². The van der Waals surface area contributed by atoms with Crippen molar-refractivity contribution in [1.29, 1.82) is 0 Å². The van der Waals surface area contributed by atoms with Gasteiger partial charge in [-0.25, -0.2) is 8.42 Å². The Morgan fingerprint density at radius 2 is 1.81 bits per heavy atom. The van der Waals surface area contributed by atoms with Gasteiger partial charge >= 0.3 is 0 Å². The molecule has 2 aromatic rings. The summed E-state index contributed by atoms with van der Waals surface area (Å²) in [5.74, 6) is 0.573. The Balaban J connectivity index is 1.67. The van der Waals surface area contributed by atoms with Crippen molar-refractivity contribution in [3.05, 3.63) is 53.1 Å². The fraction of sp³-hybridized carbons (Fsp3) is 0.316. The molecule has 27 heavy (non-hydrogen) atoms. The highest BCUT2D eigenvalue weighted by Crippen LogP contribution is 2.37. The van der Waals surface area contributed by atoms with Crippen molar-refractivity contribution < 1.29 is 13.2 Å². The van der Waals surface area contributed by atoms with Gasteiger partial charge in [0.2, 0.25) is 10.0 Å². The van der Waals surface area contributed by atoms with Crippen LogP contribution in [0.2, 0.25) is 5.02 Å². The van der Waals surface area contributed by atoms with Gasteiger partial charge in [-0.1, -0.05) is 17.7 Å². The van der Waals surface area contributed by atoms with Gasteiger partial charge in [-0.2, -0.15) is 4.31 Å². The quantitative estimate of drug-likeness (QED) is 0.753. The van der Waals surface area contributed by atoms with Crippen LogP contribution in [0.3, 0.4) is 0 Å². The molecule has 0 radical (unpaired) electrons. The maximum atomic E-state index is 13.1. The first-order valence-electron chi connectivity index (χ1n) is 8.81. The molecule has 2 aromatic carbocycles. The lowest BCUT2D eigenvalue weighted by Gasteiger charge is -2.29. The number of carbonyl (C=O) groups excluding carboxylic acids is 1. The summed E-state index contributed by atoms with van der Waals surface area (Å²) in [4.78, 5) is 16.0. The Hall–Kier alpha value is -1.54. The summed E-state index contributed by atoms with van der Waals surface area (Å²) < 4.78 is 27.1. The number of nitrogens with zero attached hydrogens (tertiary/aromatic N) is 2. The van der Waals surface area contributed by atoms with Crippen LogP contribution < -0.4 is 4.90 Å². The van der Waals surface area contributed by atoms with Crippen LogP contribution >= 0.6 is 23.4 Å². The number of rotatable bonds is 3. The fourth-order valence-electron chi connectivity index (χ4n) is 3.42. The number of halogens is 1. The minimum Gasteiger partial charge on any atom is -0.306 e.